The first kappa shape index (κ1) is 11.6. The van der Waals surface area contributed by atoms with Gasteiger partial charge in [0, 0.05) is 18.2 Å². The van der Waals surface area contributed by atoms with Crippen LogP contribution in [0.2, 0.25) is 0 Å². The molecule has 88 valence electrons. The molecule has 0 radical (unpaired) electrons. The van der Waals surface area contributed by atoms with E-state index in [9.17, 15) is 4.39 Å². The fraction of sp³-hybridized carbons (Fsp3) is 0.538. The number of halogens is 1. The zero-order valence-electron chi connectivity index (χ0n) is 9.85. The van der Waals surface area contributed by atoms with Crippen LogP contribution >= 0.6 is 0 Å². The van der Waals surface area contributed by atoms with Gasteiger partial charge in [0.15, 0.2) is 0 Å². The second-order valence-corrected chi connectivity index (χ2v) is 4.60. The molecule has 1 aliphatic rings. The maximum atomic E-state index is 13.5. The van der Waals surface area contributed by atoms with E-state index in [4.69, 9.17) is 4.74 Å². The van der Waals surface area contributed by atoms with Gasteiger partial charge in [0.2, 0.25) is 0 Å². The van der Waals surface area contributed by atoms with Crippen LogP contribution in [0.3, 0.4) is 0 Å². The molecule has 1 aromatic carbocycles. The van der Waals surface area contributed by atoms with Crippen molar-refractivity contribution in [2.45, 2.75) is 31.9 Å². The first-order chi connectivity index (χ1) is 7.65. The van der Waals surface area contributed by atoms with Crippen molar-refractivity contribution >= 4 is 0 Å². The molecule has 1 fully saturated rings. The van der Waals surface area contributed by atoms with Crippen LogP contribution in [0.15, 0.2) is 18.2 Å². The number of nitrogens with one attached hydrogen (secondary N) is 1. The van der Waals surface area contributed by atoms with Gasteiger partial charge in [-0.05, 0) is 44.0 Å². The molecule has 1 aliphatic heterocycles. The van der Waals surface area contributed by atoms with Gasteiger partial charge in [0.1, 0.15) is 5.82 Å². The van der Waals surface area contributed by atoms with E-state index in [0.29, 0.717) is 12.2 Å². The molecule has 0 saturated carbocycles. The average molecular weight is 223 g/mol. The largest absolute Gasteiger partial charge is 0.380 e. The van der Waals surface area contributed by atoms with Crippen LogP contribution in [0.1, 0.15) is 30.9 Å². The third kappa shape index (κ3) is 2.11. The van der Waals surface area contributed by atoms with Crippen LogP contribution in [-0.4, -0.2) is 13.7 Å². The Hall–Kier alpha value is -0.930. The van der Waals surface area contributed by atoms with Crippen molar-refractivity contribution in [2.24, 2.45) is 0 Å². The number of hydrogen-bond donors (Lipinski definition) is 1. The summed E-state index contributed by atoms with van der Waals surface area (Å²) in [5, 5.41) is 3.47. The summed E-state index contributed by atoms with van der Waals surface area (Å²) in [4.78, 5) is 0. The van der Waals surface area contributed by atoms with Crippen LogP contribution in [0, 0.1) is 5.82 Å². The van der Waals surface area contributed by atoms with E-state index >= 15 is 0 Å². The van der Waals surface area contributed by atoms with Gasteiger partial charge in [0.05, 0.1) is 6.61 Å². The summed E-state index contributed by atoms with van der Waals surface area (Å²) >= 11 is 0. The number of hydrogen-bond acceptors (Lipinski definition) is 2. The summed E-state index contributed by atoms with van der Waals surface area (Å²) < 4.78 is 18.5. The van der Waals surface area contributed by atoms with Crippen LogP contribution < -0.4 is 5.32 Å². The predicted octanol–water partition coefficient (Wildman–Crippen LogP) is 2.57. The number of ether oxygens (including phenoxy) is 1. The van der Waals surface area contributed by atoms with Crippen molar-refractivity contribution in [2.75, 3.05) is 13.7 Å². The Morgan fingerprint density at radius 3 is 2.94 bits per heavy atom. The molecule has 0 aliphatic carbocycles. The predicted molar refractivity (Wildman–Crippen MR) is 61.7 cm³/mol. The van der Waals surface area contributed by atoms with Crippen LogP contribution in [0.4, 0.5) is 4.39 Å². The van der Waals surface area contributed by atoms with Crippen molar-refractivity contribution < 1.29 is 9.13 Å². The standard InChI is InChI=1S/C13H18FNO/c1-13(6-3-7-15-13)11-4-5-12(14)10(8-11)9-16-2/h4-5,8,15H,3,6-7,9H2,1-2H3. The molecule has 1 heterocycles. The lowest BCUT2D eigenvalue weighted by atomic mass is 9.89. The minimum absolute atomic E-state index is 0.00378. The second-order valence-electron chi connectivity index (χ2n) is 4.60. The van der Waals surface area contributed by atoms with E-state index in [1.54, 1.807) is 7.11 Å². The maximum absolute atomic E-state index is 13.5. The summed E-state index contributed by atoms with van der Waals surface area (Å²) in [6.07, 6.45) is 2.28. The highest BCUT2D eigenvalue weighted by molar-refractivity contribution is 5.30. The fourth-order valence-electron chi connectivity index (χ4n) is 2.33. The third-order valence-corrected chi connectivity index (χ3v) is 3.35. The van der Waals surface area contributed by atoms with E-state index in [0.717, 1.165) is 18.5 Å². The molecular weight excluding hydrogens is 205 g/mol. The van der Waals surface area contributed by atoms with Crippen molar-refractivity contribution in [1.29, 1.82) is 0 Å². The highest BCUT2D eigenvalue weighted by atomic mass is 19.1. The molecule has 1 unspecified atom stereocenters. The van der Waals surface area contributed by atoms with E-state index in [1.807, 2.05) is 12.1 Å². The van der Waals surface area contributed by atoms with Gasteiger partial charge >= 0.3 is 0 Å². The molecule has 16 heavy (non-hydrogen) atoms. The molecular formula is C13H18FNO. The first-order valence-corrected chi connectivity index (χ1v) is 5.68. The lowest BCUT2D eigenvalue weighted by Crippen LogP contribution is -2.33. The van der Waals surface area contributed by atoms with E-state index in [2.05, 4.69) is 12.2 Å². The molecule has 1 N–H and O–H groups in total. The summed E-state index contributed by atoms with van der Waals surface area (Å²) in [7, 11) is 1.58. The van der Waals surface area contributed by atoms with Crippen LogP contribution in [0.25, 0.3) is 0 Å². The minimum atomic E-state index is -0.188. The van der Waals surface area contributed by atoms with E-state index in [1.165, 1.54) is 12.5 Å². The van der Waals surface area contributed by atoms with Gasteiger partial charge in [-0.2, -0.15) is 0 Å². The first-order valence-electron chi connectivity index (χ1n) is 5.68. The molecule has 1 atom stereocenters. The van der Waals surface area contributed by atoms with E-state index < -0.39 is 0 Å². The average Bonchev–Trinajstić information content (AvgIpc) is 2.70. The molecule has 0 amide bonds. The summed E-state index contributed by atoms with van der Waals surface area (Å²) in [6, 6.07) is 5.32. The SMILES string of the molecule is COCc1cc(C2(C)CCCN2)ccc1F. The highest BCUT2D eigenvalue weighted by Gasteiger charge is 2.30. The van der Waals surface area contributed by atoms with Gasteiger partial charge in [-0.15, -0.1) is 0 Å². The lowest BCUT2D eigenvalue weighted by molar-refractivity contribution is 0.181. The van der Waals surface area contributed by atoms with E-state index in [-0.39, 0.29) is 11.4 Å². The van der Waals surface area contributed by atoms with Crippen LogP contribution in [-0.2, 0) is 16.9 Å². The Bertz CT molecular complexity index is 372. The number of rotatable bonds is 3. The van der Waals surface area contributed by atoms with Gasteiger partial charge < -0.3 is 10.1 Å². The molecule has 1 aromatic rings. The lowest BCUT2D eigenvalue weighted by Gasteiger charge is -2.25. The van der Waals surface area contributed by atoms with Crippen molar-refractivity contribution in [3.63, 3.8) is 0 Å². The molecule has 0 spiro atoms. The third-order valence-electron chi connectivity index (χ3n) is 3.35. The van der Waals surface area contributed by atoms with Crippen molar-refractivity contribution in [3.8, 4) is 0 Å². The Kier molecular flexibility index (Phi) is 3.26. The normalized spacial score (nSPS) is 24.9. The quantitative estimate of drug-likeness (QED) is 0.850. The Balaban J connectivity index is 2.31. The zero-order valence-corrected chi connectivity index (χ0v) is 9.85. The van der Waals surface area contributed by atoms with Gasteiger partial charge in [0.25, 0.3) is 0 Å². The summed E-state index contributed by atoms with van der Waals surface area (Å²) in [5.41, 5.74) is 1.78. The molecule has 0 bridgehead atoms. The Labute approximate surface area is 95.8 Å². The molecule has 3 heteroatoms. The number of benzene rings is 1. The smallest absolute Gasteiger partial charge is 0.128 e. The summed E-state index contributed by atoms with van der Waals surface area (Å²) in [5.74, 6) is -0.188. The monoisotopic (exact) mass is 223 g/mol. The molecule has 2 rings (SSSR count). The Morgan fingerprint density at radius 1 is 1.50 bits per heavy atom. The maximum Gasteiger partial charge on any atom is 0.128 e. The summed E-state index contributed by atoms with van der Waals surface area (Å²) in [6.45, 7) is 3.53. The molecule has 1 saturated heterocycles. The van der Waals surface area contributed by atoms with Gasteiger partial charge in [-0.3, -0.25) is 0 Å². The highest BCUT2D eigenvalue weighted by Crippen LogP contribution is 2.31. The minimum Gasteiger partial charge on any atom is -0.380 e. The van der Waals surface area contributed by atoms with Crippen molar-refractivity contribution in [1.82, 2.24) is 5.32 Å². The van der Waals surface area contributed by atoms with Crippen LogP contribution in [0.5, 0.6) is 0 Å². The topological polar surface area (TPSA) is 21.3 Å². The van der Waals surface area contributed by atoms with Gasteiger partial charge in [-0.1, -0.05) is 6.07 Å². The molecule has 2 nitrogen and oxygen atoms in total. The van der Waals surface area contributed by atoms with Crippen molar-refractivity contribution in [3.05, 3.63) is 35.1 Å². The fourth-order valence-corrected chi connectivity index (χ4v) is 2.33. The number of methoxy groups -OCH3 is 1. The zero-order chi connectivity index (χ0) is 11.6. The molecule has 0 aromatic heterocycles. The second kappa shape index (κ2) is 4.52. The Morgan fingerprint density at radius 2 is 2.31 bits per heavy atom. The van der Waals surface area contributed by atoms with Gasteiger partial charge in [-0.25, -0.2) is 4.39 Å².